The summed E-state index contributed by atoms with van der Waals surface area (Å²) in [6.45, 7) is 0. The van der Waals surface area contributed by atoms with E-state index in [2.05, 4.69) is 0 Å². The maximum absolute atomic E-state index is 11.0. The van der Waals surface area contributed by atoms with Crippen molar-refractivity contribution in [1.82, 2.24) is 0 Å². The van der Waals surface area contributed by atoms with Crippen LogP contribution in [0.25, 0.3) is 0 Å². The Kier molecular flexibility index (Phi) is 2.44. The summed E-state index contributed by atoms with van der Waals surface area (Å²) >= 11 is 0. The van der Waals surface area contributed by atoms with Gasteiger partial charge in [-0.2, -0.15) is 0 Å². The molecule has 2 aliphatic carbocycles. The third kappa shape index (κ3) is 1.90. The average Bonchev–Trinajstić information content (AvgIpc) is 2.21. The molecular formula is C12H12O2. The lowest BCUT2D eigenvalue weighted by molar-refractivity contribution is -0.115. The number of hydrogen-bond donors (Lipinski definition) is 0. The van der Waals surface area contributed by atoms with Gasteiger partial charge >= 0.3 is 0 Å². The molecule has 0 atom stereocenters. The lowest BCUT2D eigenvalue weighted by Crippen LogP contribution is -2.05. The molecule has 0 unspecified atom stereocenters. The van der Waals surface area contributed by atoms with E-state index >= 15 is 0 Å². The van der Waals surface area contributed by atoms with E-state index in [9.17, 15) is 9.59 Å². The van der Waals surface area contributed by atoms with Gasteiger partial charge in [0.2, 0.25) is 0 Å². The van der Waals surface area contributed by atoms with E-state index in [1.54, 1.807) is 12.2 Å². The highest BCUT2D eigenvalue weighted by Gasteiger charge is 2.13. The molecule has 0 aromatic heterocycles. The molecule has 2 rings (SSSR count). The Labute approximate surface area is 83.0 Å². The van der Waals surface area contributed by atoms with Crippen molar-refractivity contribution < 1.29 is 9.59 Å². The van der Waals surface area contributed by atoms with Crippen LogP contribution in [0.4, 0.5) is 0 Å². The predicted octanol–water partition coefficient (Wildman–Crippen LogP) is 2.12. The van der Waals surface area contributed by atoms with Gasteiger partial charge in [-0.15, -0.1) is 0 Å². The summed E-state index contributed by atoms with van der Waals surface area (Å²) in [5.41, 5.74) is 2.43. The average molecular weight is 188 g/mol. The van der Waals surface area contributed by atoms with E-state index in [1.165, 1.54) is 11.1 Å². The van der Waals surface area contributed by atoms with E-state index in [4.69, 9.17) is 0 Å². The fraction of sp³-hybridized carbons (Fsp3) is 0.333. The molecule has 0 radical (unpaired) electrons. The Bertz CT molecular complexity index is 334. The molecule has 0 spiro atoms. The second kappa shape index (κ2) is 3.74. The second-order valence-corrected chi connectivity index (χ2v) is 3.65. The van der Waals surface area contributed by atoms with Crippen molar-refractivity contribution in [3.63, 3.8) is 0 Å². The van der Waals surface area contributed by atoms with Crippen LogP contribution in [-0.2, 0) is 9.59 Å². The van der Waals surface area contributed by atoms with Crippen LogP contribution in [0.2, 0.25) is 0 Å². The maximum atomic E-state index is 11.0. The van der Waals surface area contributed by atoms with Crippen LogP contribution >= 0.6 is 0 Å². The van der Waals surface area contributed by atoms with Crippen LogP contribution in [0, 0.1) is 0 Å². The largest absolute Gasteiger partial charge is 0.295 e. The molecule has 0 aromatic carbocycles. The summed E-state index contributed by atoms with van der Waals surface area (Å²) in [4.78, 5) is 21.9. The van der Waals surface area contributed by atoms with Crippen molar-refractivity contribution in [2.24, 2.45) is 0 Å². The van der Waals surface area contributed by atoms with Crippen molar-refractivity contribution in [3.8, 4) is 0 Å². The molecule has 14 heavy (non-hydrogen) atoms. The maximum Gasteiger partial charge on any atom is 0.156 e. The molecule has 0 N–H and O–H groups in total. The zero-order valence-electron chi connectivity index (χ0n) is 7.95. The van der Waals surface area contributed by atoms with Gasteiger partial charge in [0.05, 0.1) is 0 Å². The Morgan fingerprint density at radius 2 is 1.07 bits per heavy atom. The first kappa shape index (κ1) is 9.13. The smallest absolute Gasteiger partial charge is 0.156 e. The normalized spacial score (nSPS) is 27.1. The van der Waals surface area contributed by atoms with Gasteiger partial charge in [0.25, 0.3) is 0 Å². The van der Waals surface area contributed by atoms with Crippen LogP contribution < -0.4 is 0 Å². The molecule has 0 aliphatic heterocycles. The van der Waals surface area contributed by atoms with Crippen molar-refractivity contribution in [1.29, 1.82) is 0 Å². The van der Waals surface area contributed by atoms with Crippen LogP contribution in [0.1, 0.15) is 25.7 Å². The van der Waals surface area contributed by atoms with Crippen LogP contribution in [-0.4, -0.2) is 11.6 Å². The first-order valence-corrected chi connectivity index (χ1v) is 4.89. The molecule has 0 aromatic rings. The third-order valence-corrected chi connectivity index (χ3v) is 2.63. The Morgan fingerprint density at radius 3 is 1.36 bits per heavy atom. The predicted molar refractivity (Wildman–Crippen MR) is 53.8 cm³/mol. The van der Waals surface area contributed by atoms with Crippen molar-refractivity contribution in [2.45, 2.75) is 25.7 Å². The van der Waals surface area contributed by atoms with Gasteiger partial charge in [-0.1, -0.05) is 12.2 Å². The topological polar surface area (TPSA) is 34.1 Å². The van der Waals surface area contributed by atoms with Crippen molar-refractivity contribution in [2.75, 3.05) is 0 Å². The van der Waals surface area contributed by atoms with Crippen molar-refractivity contribution in [3.05, 3.63) is 35.5 Å². The molecule has 0 amide bonds. The Balaban J connectivity index is 2.24. The molecule has 2 aliphatic rings. The molecule has 0 bridgehead atoms. The molecule has 2 heteroatoms. The van der Waals surface area contributed by atoms with Gasteiger partial charge in [0.1, 0.15) is 0 Å². The number of allylic oxidation sites excluding steroid dienone is 6. The van der Waals surface area contributed by atoms with E-state index in [0.29, 0.717) is 12.8 Å². The minimum atomic E-state index is 0.199. The van der Waals surface area contributed by atoms with E-state index < -0.39 is 0 Å². The number of hydrogen-bond acceptors (Lipinski definition) is 2. The zero-order chi connectivity index (χ0) is 9.97. The van der Waals surface area contributed by atoms with E-state index in [1.807, 2.05) is 12.2 Å². The molecule has 0 saturated heterocycles. The van der Waals surface area contributed by atoms with Crippen LogP contribution in [0.15, 0.2) is 35.5 Å². The van der Waals surface area contributed by atoms with E-state index in [0.717, 1.165) is 12.8 Å². The molecular weight excluding hydrogens is 176 g/mol. The number of ketones is 2. The minimum Gasteiger partial charge on any atom is -0.295 e. The summed E-state index contributed by atoms with van der Waals surface area (Å²) < 4.78 is 0. The van der Waals surface area contributed by atoms with Gasteiger partial charge < -0.3 is 0 Å². The standard InChI is InChI=1S/C12H12O2/c13-11-5-1-9(2-6-11)10-3-7-12(14)8-4-10/h1,3,5,7H,2,4,6,8H2/b10-9-. The SMILES string of the molecule is O=C1C=C/C(=C2\C=CC(=O)CC2)CC1. The molecule has 72 valence electrons. The first-order chi connectivity index (χ1) is 6.75. The van der Waals surface area contributed by atoms with Gasteiger partial charge in [-0.25, -0.2) is 0 Å². The molecule has 2 nitrogen and oxygen atoms in total. The van der Waals surface area contributed by atoms with Gasteiger partial charge in [-0.3, -0.25) is 9.59 Å². The summed E-state index contributed by atoms with van der Waals surface area (Å²) in [6.07, 6.45) is 9.91. The fourth-order valence-corrected chi connectivity index (χ4v) is 1.77. The third-order valence-electron chi connectivity index (χ3n) is 2.63. The second-order valence-electron chi connectivity index (χ2n) is 3.65. The summed E-state index contributed by atoms with van der Waals surface area (Å²) in [5, 5.41) is 0. The summed E-state index contributed by atoms with van der Waals surface area (Å²) in [5.74, 6) is 0.399. The van der Waals surface area contributed by atoms with Gasteiger partial charge in [0, 0.05) is 12.8 Å². The highest BCUT2D eigenvalue weighted by atomic mass is 16.1. The highest BCUT2D eigenvalue weighted by molar-refractivity contribution is 5.93. The number of carbonyl (C=O) groups is 2. The van der Waals surface area contributed by atoms with E-state index in [-0.39, 0.29) is 11.6 Å². The molecule has 0 fully saturated rings. The Hall–Kier alpha value is -1.44. The molecule has 0 saturated carbocycles. The summed E-state index contributed by atoms with van der Waals surface area (Å²) in [6, 6.07) is 0. The minimum absolute atomic E-state index is 0.199. The fourth-order valence-electron chi connectivity index (χ4n) is 1.77. The van der Waals surface area contributed by atoms with Crippen LogP contribution in [0.5, 0.6) is 0 Å². The monoisotopic (exact) mass is 188 g/mol. The lowest BCUT2D eigenvalue weighted by atomic mass is 9.91. The lowest BCUT2D eigenvalue weighted by Gasteiger charge is -2.14. The zero-order valence-corrected chi connectivity index (χ0v) is 7.95. The summed E-state index contributed by atoms with van der Waals surface area (Å²) in [7, 11) is 0. The number of rotatable bonds is 0. The molecule has 0 heterocycles. The first-order valence-electron chi connectivity index (χ1n) is 4.89. The number of carbonyl (C=O) groups excluding carboxylic acids is 2. The van der Waals surface area contributed by atoms with Gasteiger partial charge in [-0.05, 0) is 36.1 Å². The van der Waals surface area contributed by atoms with Gasteiger partial charge in [0.15, 0.2) is 11.6 Å². The highest BCUT2D eigenvalue weighted by Crippen LogP contribution is 2.24. The van der Waals surface area contributed by atoms with Crippen LogP contribution in [0.3, 0.4) is 0 Å². The Morgan fingerprint density at radius 1 is 0.643 bits per heavy atom. The quantitative estimate of drug-likeness (QED) is 0.583. The van der Waals surface area contributed by atoms with Crippen molar-refractivity contribution >= 4 is 11.6 Å².